The molecule has 2 aromatic rings. The highest BCUT2D eigenvalue weighted by atomic mass is 16.5. The van der Waals surface area contributed by atoms with Gasteiger partial charge in [-0.1, -0.05) is 18.2 Å². The Morgan fingerprint density at radius 2 is 1.58 bits per heavy atom. The van der Waals surface area contributed by atoms with Gasteiger partial charge in [-0.15, -0.1) is 0 Å². The Hall–Kier alpha value is -2.73. The lowest BCUT2D eigenvalue weighted by atomic mass is 10.2. The molecule has 0 unspecified atom stereocenters. The lowest BCUT2D eigenvalue weighted by molar-refractivity contribution is -0.122. The molecule has 0 spiro atoms. The van der Waals surface area contributed by atoms with Gasteiger partial charge in [-0.3, -0.25) is 9.69 Å². The van der Waals surface area contributed by atoms with Crippen molar-refractivity contribution in [1.82, 2.24) is 10.2 Å². The van der Waals surface area contributed by atoms with Crippen molar-refractivity contribution in [2.45, 2.75) is 13.1 Å². The molecule has 6 heteroatoms. The summed E-state index contributed by atoms with van der Waals surface area (Å²) in [6.07, 6.45) is 0. The maximum atomic E-state index is 12.2. The van der Waals surface area contributed by atoms with E-state index >= 15 is 0 Å². The molecule has 26 heavy (non-hydrogen) atoms. The molecule has 2 aromatic carbocycles. The van der Waals surface area contributed by atoms with Crippen molar-refractivity contribution in [3.8, 4) is 17.2 Å². The van der Waals surface area contributed by atoms with Gasteiger partial charge in [0.15, 0.2) is 11.5 Å². The summed E-state index contributed by atoms with van der Waals surface area (Å²) >= 11 is 0. The maximum absolute atomic E-state index is 12.2. The summed E-state index contributed by atoms with van der Waals surface area (Å²) < 4.78 is 15.6. The van der Waals surface area contributed by atoms with Gasteiger partial charge in [-0.25, -0.2) is 0 Å². The predicted molar refractivity (Wildman–Crippen MR) is 101 cm³/mol. The molecule has 0 aliphatic carbocycles. The molecule has 0 saturated heterocycles. The Morgan fingerprint density at radius 1 is 0.923 bits per heavy atom. The molecule has 0 bridgehead atoms. The van der Waals surface area contributed by atoms with Crippen LogP contribution in [-0.2, 0) is 17.9 Å². The van der Waals surface area contributed by atoms with Crippen LogP contribution in [0, 0.1) is 0 Å². The number of likely N-dealkylation sites (N-methyl/N-ethyl adjacent to an activating group) is 1. The molecule has 0 heterocycles. The number of benzene rings is 2. The Bertz CT molecular complexity index is 716. The molecule has 1 N–H and O–H groups in total. The third-order valence-corrected chi connectivity index (χ3v) is 3.96. The minimum absolute atomic E-state index is 0.0317. The van der Waals surface area contributed by atoms with Gasteiger partial charge in [0.1, 0.15) is 5.75 Å². The Kier molecular flexibility index (Phi) is 7.29. The first-order valence-electron chi connectivity index (χ1n) is 8.34. The van der Waals surface area contributed by atoms with Gasteiger partial charge in [0, 0.05) is 13.1 Å². The lowest BCUT2D eigenvalue weighted by Gasteiger charge is -2.17. The van der Waals surface area contributed by atoms with Crippen molar-refractivity contribution < 1.29 is 19.0 Å². The number of nitrogens with zero attached hydrogens (tertiary/aromatic N) is 1. The SMILES string of the molecule is COc1ccc(CN(C)CC(=O)NCc2ccc(OC)c(OC)c2)cc1. The van der Waals surface area contributed by atoms with Crippen molar-refractivity contribution in [1.29, 1.82) is 0 Å². The van der Waals surface area contributed by atoms with Crippen LogP contribution in [0.25, 0.3) is 0 Å². The summed E-state index contributed by atoms with van der Waals surface area (Å²) in [5.74, 6) is 2.11. The van der Waals surface area contributed by atoms with Crippen LogP contribution in [-0.4, -0.2) is 45.7 Å². The van der Waals surface area contributed by atoms with E-state index in [1.54, 1.807) is 21.3 Å². The Balaban J connectivity index is 1.82. The molecule has 0 saturated carbocycles. The predicted octanol–water partition coefficient (Wildman–Crippen LogP) is 2.46. The van der Waals surface area contributed by atoms with E-state index < -0.39 is 0 Å². The van der Waals surface area contributed by atoms with Gasteiger partial charge >= 0.3 is 0 Å². The van der Waals surface area contributed by atoms with Gasteiger partial charge < -0.3 is 19.5 Å². The van der Waals surface area contributed by atoms with Crippen LogP contribution in [0.4, 0.5) is 0 Å². The highest BCUT2D eigenvalue weighted by Gasteiger charge is 2.09. The fourth-order valence-corrected chi connectivity index (χ4v) is 2.59. The van der Waals surface area contributed by atoms with Crippen LogP contribution in [0.3, 0.4) is 0 Å². The van der Waals surface area contributed by atoms with Crippen molar-refractivity contribution in [2.24, 2.45) is 0 Å². The molecule has 0 fully saturated rings. The van der Waals surface area contributed by atoms with Crippen LogP contribution < -0.4 is 19.5 Å². The van der Waals surface area contributed by atoms with E-state index in [0.29, 0.717) is 31.1 Å². The van der Waals surface area contributed by atoms with Crippen molar-refractivity contribution >= 4 is 5.91 Å². The summed E-state index contributed by atoms with van der Waals surface area (Å²) in [6.45, 7) is 1.45. The Labute approximate surface area is 154 Å². The van der Waals surface area contributed by atoms with Gasteiger partial charge in [-0.2, -0.15) is 0 Å². The van der Waals surface area contributed by atoms with E-state index in [-0.39, 0.29) is 5.91 Å². The fraction of sp³-hybridized carbons (Fsp3) is 0.350. The number of ether oxygens (including phenoxy) is 3. The molecule has 0 radical (unpaired) electrons. The maximum Gasteiger partial charge on any atom is 0.234 e. The van der Waals surface area contributed by atoms with E-state index in [4.69, 9.17) is 14.2 Å². The quantitative estimate of drug-likeness (QED) is 0.746. The zero-order chi connectivity index (χ0) is 18.9. The third kappa shape index (κ3) is 5.67. The van der Waals surface area contributed by atoms with Gasteiger partial charge in [0.25, 0.3) is 0 Å². The summed E-state index contributed by atoms with van der Waals surface area (Å²) in [5.41, 5.74) is 2.08. The largest absolute Gasteiger partial charge is 0.497 e. The lowest BCUT2D eigenvalue weighted by Crippen LogP contribution is -2.34. The van der Waals surface area contributed by atoms with E-state index in [2.05, 4.69) is 5.32 Å². The van der Waals surface area contributed by atoms with Crippen LogP contribution in [0.5, 0.6) is 17.2 Å². The van der Waals surface area contributed by atoms with Gasteiger partial charge in [0.2, 0.25) is 5.91 Å². The first kappa shape index (κ1) is 19.6. The van der Waals surface area contributed by atoms with E-state index in [9.17, 15) is 4.79 Å². The summed E-state index contributed by atoms with van der Waals surface area (Å²) in [7, 11) is 6.75. The number of rotatable bonds is 9. The number of methoxy groups -OCH3 is 3. The number of hydrogen-bond donors (Lipinski definition) is 1. The molecular weight excluding hydrogens is 332 g/mol. The highest BCUT2D eigenvalue weighted by molar-refractivity contribution is 5.78. The van der Waals surface area contributed by atoms with Crippen molar-refractivity contribution in [3.05, 3.63) is 53.6 Å². The third-order valence-electron chi connectivity index (χ3n) is 3.96. The summed E-state index contributed by atoms with van der Waals surface area (Å²) in [6, 6.07) is 13.4. The summed E-state index contributed by atoms with van der Waals surface area (Å²) in [5, 5.41) is 2.93. The smallest absolute Gasteiger partial charge is 0.234 e. The fourth-order valence-electron chi connectivity index (χ4n) is 2.59. The average Bonchev–Trinajstić information content (AvgIpc) is 2.66. The number of nitrogens with one attached hydrogen (secondary N) is 1. The monoisotopic (exact) mass is 358 g/mol. The molecule has 0 aromatic heterocycles. The van der Waals surface area contributed by atoms with Crippen molar-refractivity contribution in [2.75, 3.05) is 34.9 Å². The van der Waals surface area contributed by atoms with Gasteiger partial charge in [-0.05, 0) is 42.4 Å². The van der Waals surface area contributed by atoms with Crippen LogP contribution in [0.1, 0.15) is 11.1 Å². The molecule has 140 valence electrons. The molecule has 2 rings (SSSR count). The van der Waals surface area contributed by atoms with E-state index in [0.717, 1.165) is 16.9 Å². The number of amides is 1. The molecule has 0 atom stereocenters. The normalized spacial score (nSPS) is 10.5. The molecular formula is C20H26N2O4. The first-order valence-corrected chi connectivity index (χ1v) is 8.34. The second-order valence-electron chi connectivity index (χ2n) is 5.99. The molecule has 0 aliphatic rings. The first-order chi connectivity index (χ1) is 12.5. The Morgan fingerprint density at radius 3 is 2.19 bits per heavy atom. The molecule has 0 aliphatic heterocycles. The minimum atomic E-state index is -0.0317. The summed E-state index contributed by atoms with van der Waals surface area (Å²) in [4.78, 5) is 14.1. The second-order valence-corrected chi connectivity index (χ2v) is 5.99. The van der Waals surface area contributed by atoms with E-state index in [1.807, 2.05) is 54.4 Å². The van der Waals surface area contributed by atoms with Crippen LogP contribution >= 0.6 is 0 Å². The van der Waals surface area contributed by atoms with Crippen LogP contribution in [0.2, 0.25) is 0 Å². The zero-order valence-corrected chi connectivity index (χ0v) is 15.7. The highest BCUT2D eigenvalue weighted by Crippen LogP contribution is 2.27. The molecule has 6 nitrogen and oxygen atoms in total. The standard InChI is InChI=1S/C20H26N2O4/c1-22(13-15-5-8-17(24-2)9-6-15)14-20(23)21-12-16-7-10-18(25-3)19(11-16)26-4/h5-11H,12-14H2,1-4H3,(H,21,23). The number of carbonyl (C=O) groups excluding carboxylic acids is 1. The number of hydrogen-bond acceptors (Lipinski definition) is 5. The molecule has 1 amide bonds. The average molecular weight is 358 g/mol. The van der Waals surface area contributed by atoms with Crippen molar-refractivity contribution in [3.63, 3.8) is 0 Å². The second kappa shape index (κ2) is 9.68. The number of carbonyl (C=O) groups is 1. The topological polar surface area (TPSA) is 60.0 Å². The van der Waals surface area contributed by atoms with E-state index in [1.165, 1.54) is 0 Å². The van der Waals surface area contributed by atoms with Gasteiger partial charge in [0.05, 0.1) is 27.9 Å². The van der Waals surface area contributed by atoms with Crippen LogP contribution in [0.15, 0.2) is 42.5 Å². The minimum Gasteiger partial charge on any atom is -0.497 e. The zero-order valence-electron chi connectivity index (χ0n) is 15.7.